The topological polar surface area (TPSA) is 47.0 Å². The van der Waals surface area contributed by atoms with Gasteiger partial charge in [-0.2, -0.15) is 0 Å². The molecule has 124 valence electrons. The van der Waals surface area contributed by atoms with Gasteiger partial charge in [0.1, 0.15) is 24.6 Å². The minimum atomic E-state index is -0.0336. The van der Waals surface area contributed by atoms with E-state index in [9.17, 15) is 5.11 Å². The fourth-order valence-corrected chi connectivity index (χ4v) is 3.67. The number of aromatic hydroxyl groups is 1. The van der Waals surface area contributed by atoms with Gasteiger partial charge in [0.25, 0.3) is 0 Å². The smallest absolute Gasteiger partial charge is 0.176 e. The molecular weight excluding hydrogens is 302 g/mol. The lowest BCUT2D eigenvalue weighted by Crippen LogP contribution is -3.14. The maximum atomic E-state index is 10.7. The molecule has 2 N–H and O–H groups in total. The minimum Gasteiger partial charge on any atom is -0.507 e. The molecule has 4 nitrogen and oxygen atoms in total. The van der Waals surface area contributed by atoms with Gasteiger partial charge in [0.2, 0.25) is 0 Å². The monoisotopic (exact) mass is 324 g/mol. The number of fused-ring (bicyclic) bond motifs is 1. The number of nitrogens with one attached hydrogen (secondary N) is 1. The first-order valence-corrected chi connectivity index (χ1v) is 8.43. The van der Waals surface area contributed by atoms with Crippen molar-refractivity contribution in [1.82, 2.24) is 0 Å². The SMILES string of the molecule is Cc1ccc([C@@H](c2c(O)ccc3ccccc23)[NH+]2CCOCC2)o1. The highest BCUT2D eigenvalue weighted by Crippen LogP contribution is 2.35. The van der Waals surface area contributed by atoms with Gasteiger partial charge in [0.15, 0.2) is 11.8 Å². The van der Waals surface area contributed by atoms with E-state index in [1.807, 2.05) is 37.3 Å². The Morgan fingerprint density at radius 2 is 1.79 bits per heavy atom. The van der Waals surface area contributed by atoms with Crippen LogP contribution in [-0.2, 0) is 4.74 Å². The molecule has 0 aliphatic carbocycles. The zero-order valence-corrected chi connectivity index (χ0v) is 13.8. The average Bonchev–Trinajstić information content (AvgIpc) is 3.04. The molecule has 1 atom stereocenters. The van der Waals surface area contributed by atoms with Gasteiger partial charge in [-0.3, -0.25) is 0 Å². The molecule has 0 bridgehead atoms. The van der Waals surface area contributed by atoms with Crippen LogP contribution in [0.25, 0.3) is 10.8 Å². The Balaban J connectivity index is 1.91. The van der Waals surface area contributed by atoms with Crippen molar-refractivity contribution in [2.75, 3.05) is 26.3 Å². The molecule has 3 aromatic rings. The first-order chi connectivity index (χ1) is 11.7. The Bertz CT molecular complexity index is 849. The maximum Gasteiger partial charge on any atom is 0.176 e. The van der Waals surface area contributed by atoms with Crippen LogP contribution in [0, 0.1) is 6.92 Å². The van der Waals surface area contributed by atoms with Crippen LogP contribution < -0.4 is 4.90 Å². The first kappa shape index (κ1) is 15.2. The number of furan rings is 1. The lowest BCUT2D eigenvalue weighted by molar-refractivity contribution is -0.933. The van der Waals surface area contributed by atoms with Crippen LogP contribution in [0.4, 0.5) is 0 Å². The van der Waals surface area contributed by atoms with Crippen molar-refractivity contribution in [3.63, 3.8) is 0 Å². The van der Waals surface area contributed by atoms with Gasteiger partial charge in [0.05, 0.1) is 18.8 Å². The Hall–Kier alpha value is -2.30. The van der Waals surface area contributed by atoms with Gasteiger partial charge >= 0.3 is 0 Å². The predicted octanol–water partition coefficient (Wildman–Crippen LogP) is 2.45. The van der Waals surface area contributed by atoms with Crippen molar-refractivity contribution in [2.24, 2.45) is 0 Å². The van der Waals surface area contributed by atoms with E-state index in [2.05, 4.69) is 12.1 Å². The Morgan fingerprint density at radius 1 is 1.00 bits per heavy atom. The summed E-state index contributed by atoms with van der Waals surface area (Å²) >= 11 is 0. The largest absolute Gasteiger partial charge is 0.507 e. The molecule has 1 aliphatic rings. The molecule has 0 amide bonds. The highest BCUT2D eigenvalue weighted by Gasteiger charge is 2.33. The second-order valence-corrected chi connectivity index (χ2v) is 6.37. The second-order valence-electron chi connectivity index (χ2n) is 6.37. The molecule has 1 saturated heterocycles. The summed E-state index contributed by atoms with van der Waals surface area (Å²) in [6, 6.07) is 15.9. The Morgan fingerprint density at radius 3 is 2.54 bits per heavy atom. The quantitative estimate of drug-likeness (QED) is 0.778. The van der Waals surface area contributed by atoms with Crippen LogP contribution in [0.3, 0.4) is 0 Å². The summed E-state index contributed by atoms with van der Waals surface area (Å²) in [5, 5.41) is 12.9. The number of hydrogen-bond acceptors (Lipinski definition) is 3. The standard InChI is InChI=1S/C20H21NO3/c1-14-6-9-18(24-14)20(21-10-12-23-13-11-21)19-16-5-3-2-4-15(16)7-8-17(19)22/h2-9,20,22H,10-13H2,1H3/p+1/t20-/m0/s1. The summed E-state index contributed by atoms with van der Waals surface area (Å²) in [4.78, 5) is 1.36. The molecule has 0 spiro atoms. The van der Waals surface area contributed by atoms with Gasteiger partial charge in [0, 0.05) is 0 Å². The third-order valence-corrected chi connectivity index (χ3v) is 4.83. The van der Waals surface area contributed by atoms with Crippen molar-refractivity contribution in [2.45, 2.75) is 13.0 Å². The van der Waals surface area contributed by atoms with Gasteiger partial charge < -0.3 is 19.2 Å². The van der Waals surface area contributed by atoms with E-state index in [0.29, 0.717) is 5.75 Å². The van der Waals surface area contributed by atoms with Crippen molar-refractivity contribution in [3.05, 3.63) is 65.6 Å². The Kier molecular flexibility index (Phi) is 4.00. The van der Waals surface area contributed by atoms with Gasteiger partial charge in [-0.1, -0.05) is 30.3 Å². The van der Waals surface area contributed by atoms with E-state index >= 15 is 0 Å². The van der Waals surface area contributed by atoms with Crippen LogP contribution in [0.15, 0.2) is 52.9 Å². The molecule has 0 radical (unpaired) electrons. The molecule has 1 aliphatic heterocycles. The number of rotatable bonds is 3. The van der Waals surface area contributed by atoms with Crippen LogP contribution in [0.5, 0.6) is 5.75 Å². The van der Waals surface area contributed by atoms with Crippen molar-refractivity contribution in [1.29, 1.82) is 0 Å². The zero-order valence-electron chi connectivity index (χ0n) is 13.8. The zero-order chi connectivity index (χ0) is 16.5. The van der Waals surface area contributed by atoms with Crippen molar-refractivity contribution < 1.29 is 19.2 Å². The molecule has 1 fully saturated rings. The van der Waals surface area contributed by atoms with E-state index < -0.39 is 0 Å². The van der Waals surface area contributed by atoms with E-state index in [4.69, 9.17) is 9.15 Å². The number of morpholine rings is 1. The number of ether oxygens (including phenoxy) is 1. The molecule has 2 heterocycles. The highest BCUT2D eigenvalue weighted by molar-refractivity contribution is 5.88. The minimum absolute atomic E-state index is 0.0336. The maximum absolute atomic E-state index is 10.7. The molecule has 1 aromatic heterocycles. The predicted molar refractivity (Wildman–Crippen MR) is 92.4 cm³/mol. The normalized spacial score (nSPS) is 17.2. The van der Waals surface area contributed by atoms with E-state index in [0.717, 1.165) is 54.2 Å². The summed E-state index contributed by atoms with van der Waals surface area (Å²) in [5.41, 5.74) is 0.944. The molecule has 4 heteroatoms. The summed E-state index contributed by atoms with van der Waals surface area (Å²) in [6.07, 6.45) is 0. The number of hydrogen-bond donors (Lipinski definition) is 2. The van der Waals surface area contributed by atoms with Gasteiger partial charge in [-0.25, -0.2) is 0 Å². The fourth-order valence-electron chi connectivity index (χ4n) is 3.67. The van der Waals surface area contributed by atoms with Gasteiger partial charge in [-0.05, 0) is 35.9 Å². The molecule has 4 rings (SSSR count). The van der Waals surface area contributed by atoms with Crippen molar-refractivity contribution >= 4 is 10.8 Å². The highest BCUT2D eigenvalue weighted by atomic mass is 16.5. The lowest BCUT2D eigenvalue weighted by atomic mass is 9.94. The second kappa shape index (κ2) is 6.30. The molecular formula is C20H22NO3+. The molecule has 2 aromatic carbocycles. The third kappa shape index (κ3) is 2.68. The molecule has 0 saturated carbocycles. The lowest BCUT2D eigenvalue weighted by Gasteiger charge is -2.31. The molecule has 0 unspecified atom stereocenters. The molecule has 24 heavy (non-hydrogen) atoms. The van der Waals surface area contributed by atoms with E-state index in [-0.39, 0.29) is 6.04 Å². The number of benzene rings is 2. The average molecular weight is 324 g/mol. The van der Waals surface area contributed by atoms with Crippen LogP contribution in [0.1, 0.15) is 23.1 Å². The van der Waals surface area contributed by atoms with Crippen LogP contribution >= 0.6 is 0 Å². The summed E-state index contributed by atoms with van der Waals surface area (Å²) < 4.78 is 11.5. The summed E-state index contributed by atoms with van der Waals surface area (Å²) in [5.74, 6) is 2.12. The summed E-state index contributed by atoms with van der Waals surface area (Å²) in [6.45, 7) is 5.21. The number of aryl methyl sites for hydroxylation is 1. The van der Waals surface area contributed by atoms with E-state index in [1.165, 1.54) is 4.90 Å². The third-order valence-electron chi connectivity index (χ3n) is 4.83. The fraction of sp³-hybridized carbons (Fsp3) is 0.300. The number of phenols is 1. The van der Waals surface area contributed by atoms with Crippen LogP contribution in [-0.4, -0.2) is 31.4 Å². The first-order valence-electron chi connectivity index (χ1n) is 8.43. The number of quaternary nitrogens is 1. The van der Waals surface area contributed by atoms with Gasteiger partial charge in [-0.15, -0.1) is 0 Å². The number of phenolic OH excluding ortho intramolecular Hbond substituents is 1. The van der Waals surface area contributed by atoms with E-state index in [1.54, 1.807) is 6.07 Å². The summed E-state index contributed by atoms with van der Waals surface area (Å²) in [7, 11) is 0. The van der Waals surface area contributed by atoms with Crippen molar-refractivity contribution in [3.8, 4) is 5.75 Å². The Labute approximate surface area is 141 Å². The van der Waals surface area contributed by atoms with Crippen LogP contribution in [0.2, 0.25) is 0 Å².